The molecule has 0 radical (unpaired) electrons. The summed E-state index contributed by atoms with van der Waals surface area (Å²) >= 11 is 0. The van der Waals surface area contributed by atoms with Crippen molar-refractivity contribution in [3.63, 3.8) is 0 Å². The van der Waals surface area contributed by atoms with E-state index in [-0.39, 0.29) is 21.7 Å². The van der Waals surface area contributed by atoms with Gasteiger partial charge in [-0.3, -0.25) is 4.57 Å². The van der Waals surface area contributed by atoms with E-state index in [0.29, 0.717) is 11.8 Å². The Bertz CT molecular complexity index is 2390. The highest BCUT2D eigenvalue weighted by Crippen LogP contribution is 2.41. The van der Waals surface area contributed by atoms with Crippen LogP contribution in [0.5, 0.6) is 0 Å². The van der Waals surface area contributed by atoms with Crippen molar-refractivity contribution in [1.29, 1.82) is 0 Å². The van der Waals surface area contributed by atoms with Crippen molar-refractivity contribution in [3.05, 3.63) is 126 Å². The van der Waals surface area contributed by atoms with Gasteiger partial charge in [0.15, 0.2) is 5.82 Å². The van der Waals surface area contributed by atoms with Crippen molar-refractivity contribution >= 4 is 21.8 Å². The van der Waals surface area contributed by atoms with E-state index in [1.165, 1.54) is 0 Å². The summed E-state index contributed by atoms with van der Waals surface area (Å²) in [5.74, 6) is 2.22. The topological polar surface area (TPSA) is 82.3 Å². The van der Waals surface area contributed by atoms with Gasteiger partial charge in [0.2, 0.25) is 5.95 Å². The summed E-state index contributed by atoms with van der Waals surface area (Å²) in [5.41, 5.74) is 7.91. The van der Waals surface area contributed by atoms with Crippen molar-refractivity contribution in [2.75, 3.05) is 0 Å². The molecule has 270 valence electrons. The van der Waals surface area contributed by atoms with Gasteiger partial charge in [-0.1, -0.05) is 130 Å². The summed E-state index contributed by atoms with van der Waals surface area (Å²) < 4.78 is 2.18. The third-order valence-electron chi connectivity index (χ3n) is 10.7. The molecule has 53 heavy (non-hydrogen) atoms. The lowest BCUT2D eigenvalue weighted by atomic mass is 9.73. The largest absolute Gasteiger partial charge is 0.278 e. The lowest BCUT2D eigenvalue weighted by Crippen LogP contribution is -2.26. The van der Waals surface area contributed by atoms with Gasteiger partial charge in [-0.05, 0) is 52.3 Å². The van der Waals surface area contributed by atoms with Crippen molar-refractivity contribution in [1.82, 2.24) is 34.5 Å². The van der Waals surface area contributed by atoms with Gasteiger partial charge in [-0.15, -0.1) is 0 Å². The second kappa shape index (κ2) is 13.3. The monoisotopic (exact) mass is 701 g/mol. The predicted octanol–water partition coefficient (Wildman–Crippen LogP) is 11.1. The standard InChI is InChI=1S/C46H51N7/c1-43(2,3)32-25-50-42(51-26-32)53-37-19-15-14-18-34(37)35-21-20-31(24-38(35)53)39-36(29-47-40(52-39)30-16-12-11-13-17-30)46(9,10)23-22-45(7,8)33-27-48-41(49-28-33)44(4,5)6/h11-21,24-29H,22-23H2,1-10H3. The highest BCUT2D eigenvalue weighted by Gasteiger charge is 2.31. The molecule has 0 saturated carbocycles. The summed E-state index contributed by atoms with van der Waals surface area (Å²) in [6, 6.07) is 25.4. The van der Waals surface area contributed by atoms with Gasteiger partial charge in [-0.2, -0.15) is 0 Å². The van der Waals surface area contributed by atoms with Crippen LogP contribution in [-0.4, -0.2) is 34.5 Å². The fourth-order valence-corrected chi connectivity index (χ4v) is 6.95. The number of hydrogen-bond acceptors (Lipinski definition) is 6. The van der Waals surface area contributed by atoms with Crippen LogP contribution in [0.3, 0.4) is 0 Å². The van der Waals surface area contributed by atoms with Crippen LogP contribution < -0.4 is 0 Å². The summed E-state index contributed by atoms with van der Waals surface area (Å²) in [6.07, 6.45) is 11.8. The van der Waals surface area contributed by atoms with Crippen molar-refractivity contribution in [2.45, 2.75) is 104 Å². The summed E-state index contributed by atoms with van der Waals surface area (Å²) in [6.45, 7) is 22.2. The maximum atomic E-state index is 5.34. The molecule has 7 aromatic rings. The first-order valence-electron chi connectivity index (χ1n) is 18.7. The minimum atomic E-state index is -0.248. The molecule has 4 aromatic heterocycles. The Hall–Kier alpha value is -5.30. The van der Waals surface area contributed by atoms with E-state index in [0.717, 1.165) is 74.0 Å². The maximum Gasteiger partial charge on any atom is 0.234 e. The van der Waals surface area contributed by atoms with E-state index in [2.05, 4.69) is 128 Å². The molecule has 0 N–H and O–H groups in total. The highest BCUT2D eigenvalue weighted by atomic mass is 15.1. The fraction of sp³-hybridized carbons (Fsp3) is 0.348. The van der Waals surface area contributed by atoms with Crippen LogP contribution in [0.1, 0.15) is 105 Å². The zero-order valence-electron chi connectivity index (χ0n) is 32.9. The Morgan fingerprint density at radius 2 is 1.11 bits per heavy atom. The first kappa shape index (κ1) is 36.1. The third kappa shape index (κ3) is 7.09. The molecule has 0 saturated heterocycles. The predicted molar refractivity (Wildman–Crippen MR) is 218 cm³/mol. The molecule has 7 heteroatoms. The second-order valence-electron chi connectivity index (χ2n) is 17.7. The third-order valence-corrected chi connectivity index (χ3v) is 10.7. The molecule has 0 fully saturated rings. The summed E-state index contributed by atoms with van der Waals surface area (Å²) in [4.78, 5) is 29.6. The molecule has 7 rings (SSSR count). The Balaban J connectivity index is 1.33. The smallest absolute Gasteiger partial charge is 0.234 e. The van der Waals surface area contributed by atoms with E-state index in [1.54, 1.807) is 0 Å². The van der Waals surface area contributed by atoms with E-state index in [9.17, 15) is 0 Å². The molecule has 0 amide bonds. The number of aromatic nitrogens is 7. The Labute approximate surface area is 314 Å². The number of nitrogens with zero attached hydrogens (tertiary/aromatic N) is 7. The first-order valence-corrected chi connectivity index (χ1v) is 18.7. The maximum absolute atomic E-state index is 5.34. The molecule has 3 aromatic carbocycles. The van der Waals surface area contributed by atoms with E-state index in [1.807, 2.05) is 49.2 Å². The van der Waals surface area contributed by atoms with E-state index < -0.39 is 0 Å². The van der Waals surface area contributed by atoms with Gasteiger partial charge >= 0.3 is 0 Å². The Morgan fingerprint density at radius 1 is 0.509 bits per heavy atom. The molecule has 0 aliphatic carbocycles. The lowest BCUT2D eigenvalue weighted by molar-refractivity contribution is 0.372. The average molecular weight is 702 g/mol. The van der Waals surface area contributed by atoms with Crippen LogP contribution in [0.25, 0.3) is 50.4 Å². The van der Waals surface area contributed by atoms with E-state index >= 15 is 0 Å². The lowest BCUT2D eigenvalue weighted by Gasteiger charge is -2.33. The van der Waals surface area contributed by atoms with Crippen LogP contribution in [-0.2, 0) is 21.7 Å². The quantitative estimate of drug-likeness (QED) is 0.157. The Kier molecular flexibility index (Phi) is 9.04. The zero-order chi connectivity index (χ0) is 37.8. The highest BCUT2D eigenvalue weighted by molar-refractivity contribution is 6.10. The zero-order valence-corrected chi connectivity index (χ0v) is 32.9. The van der Waals surface area contributed by atoms with Gasteiger partial charge in [0, 0.05) is 63.9 Å². The van der Waals surface area contributed by atoms with Crippen molar-refractivity contribution in [2.24, 2.45) is 0 Å². The molecular weight excluding hydrogens is 651 g/mol. The molecule has 0 aliphatic heterocycles. The van der Waals surface area contributed by atoms with Crippen LogP contribution in [0.4, 0.5) is 0 Å². The normalized spacial score (nSPS) is 12.9. The molecule has 0 aliphatic rings. The van der Waals surface area contributed by atoms with Gasteiger partial charge < -0.3 is 0 Å². The van der Waals surface area contributed by atoms with Crippen molar-refractivity contribution < 1.29 is 0 Å². The summed E-state index contributed by atoms with van der Waals surface area (Å²) in [5, 5.41) is 2.31. The molecule has 0 spiro atoms. The summed E-state index contributed by atoms with van der Waals surface area (Å²) in [7, 11) is 0. The fourth-order valence-electron chi connectivity index (χ4n) is 6.95. The minimum absolute atomic E-state index is 0.0426. The molecule has 0 atom stereocenters. The molecule has 7 nitrogen and oxygen atoms in total. The minimum Gasteiger partial charge on any atom is -0.278 e. The van der Waals surface area contributed by atoms with Gasteiger partial charge in [-0.25, -0.2) is 29.9 Å². The van der Waals surface area contributed by atoms with Crippen LogP contribution >= 0.6 is 0 Å². The molecule has 0 unspecified atom stereocenters. The van der Waals surface area contributed by atoms with Crippen LogP contribution in [0, 0.1) is 0 Å². The van der Waals surface area contributed by atoms with Crippen LogP contribution in [0.2, 0.25) is 0 Å². The molecule has 4 heterocycles. The van der Waals surface area contributed by atoms with Crippen molar-refractivity contribution in [3.8, 4) is 28.6 Å². The number of rotatable bonds is 8. The number of para-hydroxylation sites is 1. The SMILES string of the molecule is CC(C)(C)c1cnc(-n2c3ccccc3c3ccc(-c4nc(-c5ccccc5)ncc4C(C)(C)CCC(C)(C)c4cnc(C(C)(C)C)nc4)cc32)nc1. The number of fused-ring (bicyclic) bond motifs is 3. The van der Waals surface area contributed by atoms with Gasteiger partial charge in [0.05, 0.1) is 16.7 Å². The first-order chi connectivity index (χ1) is 25.0. The molecular formula is C46H51N7. The van der Waals surface area contributed by atoms with E-state index in [4.69, 9.17) is 29.9 Å². The molecule has 0 bridgehead atoms. The van der Waals surface area contributed by atoms with Gasteiger partial charge in [0.25, 0.3) is 0 Å². The Morgan fingerprint density at radius 3 is 1.77 bits per heavy atom. The average Bonchev–Trinajstić information content (AvgIpc) is 3.47. The van der Waals surface area contributed by atoms with Gasteiger partial charge in [0.1, 0.15) is 5.82 Å². The number of hydrogen-bond donors (Lipinski definition) is 0. The second-order valence-corrected chi connectivity index (χ2v) is 17.7. The number of benzene rings is 3. The van der Waals surface area contributed by atoms with Crippen LogP contribution in [0.15, 0.2) is 104 Å².